The molecule has 31 heavy (non-hydrogen) atoms. The van der Waals surface area contributed by atoms with Crippen LogP contribution in [-0.4, -0.2) is 56.9 Å². The number of fused-ring (bicyclic) bond motifs is 1. The first-order valence-electron chi connectivity index (χ1n) is 10.6. The molecule has 8 heteroatoms. The number of nitrogens with zero attached hydrogens (tertiary/aromatic N) is 2. The number of ether oxygens (including phenoxy) is 2. The second-order valence-electron chi connectivity index (χ2n) is 8.08. The summed E-state index contributed by atoms with van der Waals surface area (Å²) in [6.07, 6.45) is 2.54. The van der Waals surface area contributed by atoms with Gasteiger partial charge < -0.3 is 14.4 Å². The molecule has 0 bridgehead atoms. The molecule has 0 aromatic heterocycles. The van der Waals surface area contributed by atoms with Crippen molar-refractivity contribution in [2.75, 3.05) is 33.4 Å². The lowest BCUT2D eigenvalue weighted by atomic mass is 10.0. The highest BCUT2D eigenvalue weighted by atomic mass is 32.2. The molecule has 0 N–H and O–H groups in total. The van der Waals surface area contributed by atoms with Gasteiger partial charge >= 0.3 is 0 Å². The average molecular weight is 445 g/mol. The van der Waals surface area contributed by atoms with Crippen molar-refractivity contribution in [3.05, 3.63) is 53.6 Å². The highest BCUT2D eigenvalue weighted by Crippen LogP contribution is 2.38. The molecule has 166 valence electrons. The van der Waals surface area contributed by atoms with E-state index in [-0.39, 0.29) is 23.4 Å². The zero-order valence-electron chi connectivity index (χ0n) is 17.9. The van der Waals surface area contributed by atoms with E-state index in [0.29, 0.717) is 25.5 Å². The topological polar surface area (TPSA) is 76.2 Å². The van der Waals surface area contributed by atoms with Crippen LogP contribution in [0.5, 0.6) is 11.5 Å². The number of rotatable bonds is 5. The van der Waals surface area contributed by atoms with Crippen LogP contribution < -0.4 is 9.47 Å². The fourth-order valence-electron chi connectivity index (χ4n) is 4.06. The molecule has 1 saturated heterocycles. The number of carbonyl (C=O) groups is 1. The van der Waals surface area contributed by atoms with E-state index in [1.54, 1.807) is 29.2 Å². The highest BCUT2D eigenvalue weighted by Gasteiger charge is 2.33. The Morgan fingerprint density at radius 3 is 2.52 bits per heavy atom. The lowest BCUT2D eigenvalue weighted by molar-refractivity contribution is -0.132. The lowest BCUT2D eigenvalue weighted by Crippen LogP contribution is -2.40. The SMILES string of the molecule is Cc1ccc(S(=O)(=O)N(C)CC(=O)N2CCCC2c2ccc3c(c2)OCCCO3)cc1. The number of likely N-dealkylation sites (N-methyl/N-ethyl adjacent to an activating group) is 1. The monoisotopic (exact) mass is 444 g/mol. The molecule has 2 heterocycles. The van der Waals surface area contributed by atoms with Crippen LogP contribution in [0.4, 0.5) is 0 Å². The minimum absolute atomic E-state index is 0.0971. The summed E-state index contributed by atoms with van der Waals surface area (Å²) in [6.45, 7) is 3.54. The quantitative estimate of drug-likeness (QED) is 0.708. The van der Waals surface area contributed by atoms with Gasteiger partial charge in [0, 0.05) is 20.0 Å². The summed E-state index contributed by atoms with van der Waals surface area (Å²) < 4.78 is 38.4. The Morgan fingerprint density at radius 1 is 1.06 bits per heavy atom. The average Bonchev–Trinajstić information content (AvgIpc) is 3.13. The van der Waals surface area contributed by atoms with Gasteiger partial charge in [0.1, 0.15) is 0 Å². The molecule has 1 fully saturated rings. The number of sulfonamides is 1. The third kappa shape index (κ3) is 4.55. The summed E-state index contributed by atoms with van der Waals surface area (Å²) >= 11 is 0. The second kappa shape index (κ2) is 8.88. The minimum atomic E-state index is -3.73. The Hall–Kier alpha value is -2.58. The van der Waals surface area contributed by atoms with Crippen molar-refractivity contribution in [1.82, 2.24) is 9.21 Å². The van der Waals surface area contributed by atoms with Crippen molar-refractivity contribution in [2.45, 2.75) is 37.1 Å². The van der Waals surface area contributed by atoms with Crippen LogP contribution in [-0.2, 0) is 14.8 Å². The molecule has 1 amide bonds. The van der Waals surface area contributed by atoms with Crippen LogP contribution in [0.3, 0.4) is 0 Å². The first kappa shape index (κ1) is 21.6. The summed E-state index contributed by atoms with van der Waals surface area (Å²) in [4.78, 5) is 15.0. The summed E-state index contributed by atoms with van der Waals surface area (Å²) in [5, 5.41) is 0. The minimum Gasteiger partial charge on any atom is -0.490 e. The lowest BCUT2D eigenvalue weighted by Gasteiger charge is -2.27. The summed E-state index contributed by atoms with van der Waals surface area (Å²) in [6, 6.07) is 12.4. The van der Waals surface area contributed by atoms with Crippen molar-refractivity contribution < 1.29 is 22.7 Å². The van der Waals surface area contributed by atoms with E-state index < -0.39 is 10.0 Å². The molecule has 0 spiro atoms. The molecule has 1 unspecified atom stereocenters. The molecule has 1 atom stereocenters. The van der Waals surface area contributed by atoms with E-state index in [2.05, 4.69) is 0 Å². The Morgan fingerprint density at radius 2 is 1.77 bits per heavy atom. The van der Waals surface area contributed by atoms with Gasteiger partial charge in [-0.05, 0) is 49.6 Å². The Bertz CT molecular complexity index is 1050. The maximum absolute atomic E-state index is 13.1. The number of carbonyl (C=O) groups excluding carboxylic acids is 1. The molecule has 2 aliphatic heterocycles. The summed E-state index contributed by atoms with van der Waals surface area (Å²) in [5.41, 5.74) is 1.96. The van der Waals surface area contributed by atoms with Gasteiger partial charge in [0.15, 0.2) is 11.5 Å². The maximum Gasteiger partial charge on any atom is 0.243 e. The highest BCUT2D eigenvalue weighted by molar-refractivity contribution is 7.89. The number of likely N-dealkylation sites (tertiary alicyclic amines) is 1. The Kier molecular flexibility index (Phi) is 6.20. The third-order valence-electron chi connectivity index (χ3n) is 5.82. The van der Waals surface area contributed by atoms with Gasteiger partial charge in [-0.3, -0.25) is 4.79 Å². The van der Waals surface area contributed by atoms with Gasteiger partial charge in [-0.15, -0.1) is 0 Å². The summed E-state index contributed by atoms with van der Waals surface area (Å²) in [5.74, 6) is 1.22. The number of benzene rings is 2. The van der Waals surface area contributed by atoms with E-state index >= 15 is 0 Å². The third-order valence-corrected chi connectivity index (χ3v) is 7.63. The standard InChI is InChI=1S/C23H28N2O5S/c1-17-6-9-19(10-7-17)31(27,28)24(2)16-23(26)25-12-3-5-20(25)18-8-11-21-22(15-18)30-14-4-13-29-21/h6-11,15,20H,3-5,12-14,16H2,1-2H3. The van der Waals surface area contributed by atoms with E-state index in [0.717, 1.165) is 40.4 Å². The molecular weight excluding hydrogens is 416 g/mol. The van der Waals surface area contributed by atoms with Crippen molar-refractivity contribution in [3.63, 3.8) is 0 Å². The van der Waals surface area contributed by atoms with E-state index in [1.807, 2.05) is 25.1 Å². The zero-order valence-corrected chi connectivity index (χ0v) is 18.7. The molecular formula is C23H28N2O5S. The van der Waals surface area contributed by atoms with Crippen LogP contribution in [0.15, 0.2) is 47.4 Å². The van der Waals surface area contributed by atoms with E-state index in [9.17, 15) is 13.2 Å². The molecule has 2 aromatic rings. The molecule has 0 aliphatic carbocycles. The molecule has 2 aromatic carbocycles. The largest absolute Gasteiger partial charge is 0.490 e. The summed E-state index contributed by atoms with van der Waals surface area (Å²) in [7, 11) is -2.28. The maximum atomic E-state index is 13.1. The predicted molar refractivity (Wildman–Crippen MR) is 117 cm³/mol. The van der Waals surface area contributed by atoms with Crippen LogP contribution in [0.2, 0.25) is 0 Å². The normalized spacial score (nSPS) is 18.8. The smallest absolute Gasteiger partial charge is 0.243 e. The van der Waals surface area contributed by atoms with E-state index in [1.165, 1.54) is 7.05 Å². The van der Waals surface area contributed by atoms with Gasteiger partial charge in [0.25, 0.3) is 0 Å². The molecule has 2 aliphatic rings. The number of hydrogen-bond donors (Lipinski definition) is 0. The predicted octanol–water partition coefficient (Wildman–Crippen LogP) is 3.14. The number of aryl methyl sites for hydroxylation is 1. The van der Waals surface area contributed by atoms with Crippen molar-refractivity contribution in [3.8, 4) is 11.5 Å². The molecule has 7 nitrogen and oxygen atoms in total. The molecule has 0 saturated carbocycles. The first-order chi connectivity index (χ1) is 14.9. The van der Waals surface area contributed by atoms with Crippen LogP contribution in [0, 0.1) is 6.92 Å². The van der Waals surface area contributed by atoms with Crippen LogP contribution >= 0.6 is 0 Å². The van der Waals surface area contributed by atoms with Gasteiger partial charge in [-0.2, -0.15) is 4.31 Å². The van der Waals surface area contributed by atoms with Crippen molar-refractivity contribution >= 4 is 15.9 Å². The van der Waals surface area contributed by atoms with Gasteiger partial charge in [0.05, 0.1) is 30.7 Å². The Balaban J connectivity index is 1.49. The number of hydrogen-bond acceptors (Lipinski definition) is 5. The van der Waals surface area contributed by atoms with Gasteiger partial charge in [0.2, 0.25) is 15.9 Å². The Labute approximate surface area is 183 Å². The molecule has 0 radical (unpaired) electrons. The van der Waals surface area contributed by atoms with Gasteiger partial charge in [-0.1, -0.05) is 23.8 Å². The molecule has 4 rings (SSSR count). The van der Waals surface area contributed by atoms with Crippen LogP contribution in [0.25, 0.3) is 0 Å². The number of amides is 1. The zero-order chi connectivity index (χ0) is 22.0. The van der Waals surface area contributed by atoms with Crippen LogP contribution in [0.1, 0.15) is 36.4 Å². The van der Waals surface area contributed by atoms with Gasteiger partial charge in [-0.25, -0.2) is 8.42 Å². The fourth-order valence-corrected chi connectivity index (χ4v) is 5.18. The fraction of sp³-hybridized carbons (Fsp3) is 0.435. The van der Waals surface area contributed by atoms with Crippen molar-refractivity contribution in [2.24, 2.45) is 0 Å². The first-order valence-corrected chi connectivity index (χ1v) is 12.0. The second-order valence-corrected chi connectivity index (χ2v) is 10.1. The van der Waals surface area contributed by atoms with Crippen molar-refractivity contribution in [1.29, 1.82) is 0 Å². The van der Waals surface area contributed by atoms with E-state index in [4.69, 9.17) is 9.47 Å².